The Bertz CT molecular complexity index is 91.0. The van der Waals surface area contributed by atoms with Gasteiger partial charge in [-0.3, -0.25) is 0 Å². The second kappa shape index (κ2) is 4.95. The molecule has 1 aliphatic carbocycles. The SMILES string of the molecule is CC[C]1C=CC=C1.[KH]. The van der Waals surface area contributed by atoms with Crippen molar-refractivity contribution in [1.29, 1.82) is 0 Å². The fourth-order valence-corrected chi connectivity index (χ4v) is 0.650. The van der Waals surface area contributed by atoms with E-state index < -0.39 is 0 Å². The van der Waals surface area contributed by atoms with Gasteiger partial charge in [0.25, 0.3) is 0 Å². The van der Waals surface area contributed by atoms with E-state index in [4.69, 9.17) is 0 Å². The van der Waals surface area contributed by atoms with E-state index in [1.165, 1.54) is 5.92 Å². The summed E-state index contributed by atoms with van der Waals surface area (Å²) in [7, 11) is 0. The third-order valence-corrected chi connectivity index (χ3v) is 1.14. The Hall–Kier alpha value is 1.12. The van der Waals surface area contributed by atoms with Crippen LogP contribution in [0.2, 0.25) is 0 Å². The Balaban J connectivity index is 0.000000490. The van der Waals surface area contributed by atoms with Crippen LogP contribution in [0.4, 0.5) is 0 Å². The molecule has 0 amide bonds. The van der Waals surface area contributed by atoms with Crippen LogP contribution in [-0.4, -0.2) is 51.4 Å². The van der Waals surface area contributed by atoms with Crippen molar-refractivity contribution in [3.05, 3.63) is 30.2 Å². The summed E-state index contributed by atoms with van der Waals surface area (Å²) in [6, 6.07) is 0. The Morgan fingerprint density at radius 2 is 1.75 bits per heavy atom. The fraction of sp³-hybridized carbons (Fsp3) is 0.286. The molecule has 0 saturated heterocycles. The first-order valence-corrected chi connectivity index (χ1v) is 2.64. The molecule has 0 heterocycles. The van der Waals surface area contributed by atoms with Crippen LogP contribution in [0.25, 0.3) is 0 Å². The molecular weight excluding hydrogens is 123 g/mol. The van der Waals surface area contributed by atoms with Gasteiger partial charge in [-0.1, -0.05) is 31.2 Å². The summed E-state index contributed by atoms with van der Waals surface area (Å²) in [5.74, 6) is 1.43. The van der Waals surface area contributed by atoms with Gasteiger partial charge in [0.1, 0.15) is 0 Å². The van der Waals surface area contributed by atoms with Gasteiger partial charge >= 0.3 is 51.4 Å². The summed E-state index contributed by atoms with van der Waals surface area (Å²) in [6.07, 6.45) is 9.57. The molecule has 0 aromatic rings. The van der Waals surface area contributed by atoms with E-state index in [0.717, 1.165) is 6.42 Å². The first-order chi connectivity index (χ1) is 3.43. The molecular formula is C7H10K. The first-order valence-electron chi connectivity index (χ1n) is 2.64. The number of hydrogen-bond acceptors (Lipinski definition) is 0. The monoisotopic (exact) mass is 133 g/mol. The van der Waals surface area contributed by atoms with Gasteiger partial charge in [0.15, 0.2) is 0 Å². The molecule has 0 aromatic heterocycles. The molecule has 1 rings (SSSR count). The summed E-state index contributed by atoms with van der Waals surface area (Å²) in [5, 5.41) is 0. The van der Waals surface area contributed by atoms with Crippen molar-refractivity contribution in [2.24, 2.45) is 0 Å². The van der Waals surface area contributed by atoms with Crippen LogP contribution >= 0.6 is 0 Å². The molecule has 8 heavy (non-hydrogen) atoms. The van der Waals surface area contributed by atoms with E-state index in [9.17, 15) is 0 Å². The number of allylic oxidation sites excluding steroid dienone is 4. The summed E-state index contributed by atoms with van der Waals surface area (Å²) in [6.45, 7) is 2.16. The topological polar surface area (TPSA) is 0 Å². The van der Waals surface area contributed by atoms with E-state index in [1.807, 2.05) is 0 Å². The van der Waals surface area contributed by atoms with Crippen molar-refractivity contribution in [1.82, 2.24) is 0 Å². The average molecular weight is 133 g/mol. The molecule has 0 aliphatic heterocycles. The molecule has 39 valence electrons. The molecule has 0 saturated carbocycles. The van der Waals surface area contributed by atoms with Crippen molar-refractivity contribution >= 4 is 51.4 Å². The zero-order valence-corrected chi connectivity index (χ0v) is 4.52. The van der Waals surface area contributed by atoms with Gasteiger partial charge in [-0.05, 0) is 6.42 Å². The van der Waals surface area contributed by atoms with Crippen LogP contribution in [0.5, 0.6) is 0 Å². The van der Waals surface area contributed by atoms with E-state index in [1.54, 1.807) is 0 Å². The van der Waals surface area contributed by atoms with Crippen molar-refractivity contribution in [3.8, 4) is 0 Å². The molecule has 1 aliphatic rings. The first kappa shape index (κ1) is 9.12. The molecule has 1 heteroatoms. The summed E-state index contributed by atoms with van der Waals surface area (Å²) in [4.78, 5) is 0. The van der Waals surface area contributed by atoms with Crippen molar-refractivity contribution in [3.63, 3.8) is 0 Å². The van der Waals surface area contributed by atoms with Gasteiger partial charge < -0.3 is 0 Å². The second-order valence-corrected chi connectivity index (χ2v) is 1.65. The maximum absolute atomic E-state index is 2.16. The Kier molecular flexibility index (Phi) is 5.64. The van der Waals surface area contributed by atoms with Crippen LogP contribution in [0.1, 0.15) is 13.3 Å². The number of hydrogen-bond donors (Lipinski definition) is 0. The molecule has 0 fully saturated rings. The van der Waals surface area contributed by atoms with E-state index in [0.29, 0.717) is 0 Å². The summed E-state index contributed by atoms with van der Waals surface area (Å²) < 4.78 is 0. The standard InChI is InChI=1S/C7H9.K.H/c1-2-7-5-3-4-6-7;;/h3-6H,2H2,1H3;;. The molecule has 0 N–H and O–H groups in total. The predicted octanol–water partition coefficient (Wildman–Crippen LogP) is 1.45. The van der Waals surface area contributed by atoms with Gasteiger partial charge in [0.05, 0.1) is 0 Å². The van der Waals surface area contributed by atoms with Crippen molar-refractivity contribution in [2.75, 3.05) is 0 Å². The zero-order valence-electron chi connectivity index (χ0n) is 4.52. The van der Waals surface area contributed by atoms with Crippen LogP contribution in [0, 0.1) is 5.92 Å². The van der Waals surface area contributed by atoms with Crippen molar-refractivity contribution in [2.45, 2.75) is 13.3 Å². The van der Waals surface area contributed by atoms with Gasteiger partial charge in [-0.25, -0.2) is 0 Å². The Labute approximate surface area is 93.5 Å². The minimum absolute atomic E-state index is 0. The summed E-state index contributed by atoms with van der Waals surface area (Å²) >= 11 is 0. The molecule has 0 spiro atoms. The molecule has 0 atom stereocenters. The molecule has 1 radical (unpaired) electrons. The Morgan fingerprint density at radius 3 is 2.00 bits per heavy atom. The third-order valence-electron chi connectivity index (χ3n) is 1.14. The van der Waals surface area contributed by atoms with E-state index >= 15 is 0 Å². The van der Waals surface area contributed by atoms with Crippen LogP contribution in [0.3, 0.4) is 0 Å². The average Bonchev–Trinajstić information content (AvgIpc) is 2.14. The predicted molar refractivity (Wildman–Crippen MR) is 39.0 cm³/mol. The fourth-order valence-electron chi connectivity index (χ4n) is 0.650. The third kappa shape index (κ3) is 2.60. The zero-order chi connectivity index (χ0) is 5.11. The van der Waals surface area contributed by atoms with E-state index in [-0.39, 0.29) is 51.4 Å². The summed E-state index contributed by atoms with van der Waals surface area (Å²) in [5.41, 5.74) is 0. The molecule has 0 bridgehead atoms. The van der Waals surface area contributed by atoms with Crippen LogP contribution in [0.15, 0.2) is 24.3 Å². The van der Waals surface area contributed by atoms with Gasteiger partial charge in [-0.2, -0.15) is 0 Å². The molecule has 0 nitrogen and oxygen atoms in total. The van der Waals surface area contributed by atoms with Gasteiger partial charge in [-0.15, -0.1) is 0 Å². The van der Waals surface area contributed by atoms with Gasteiger partial charge in [0, 0.05) is 5.92 Å². The maximum atomic E-state index is 2.16. The normalized spacial score (nSPS) is 16.6. The number of rotatable bonds is 1. The van der Waals surface area contributed by atoms with Crippen LogP contribution in [-0.2, 0) is 0 Å². The van der Waals surface area contributed by atoms with Crippen LogP contribution < -0.4 is 0 Å². The molecule has 0 aromatic carbocycles. The van der Waals surface area contributed by atoms with E-state index in [2.05, 4.69) is 31.2 Å². The van der Waals surface area contributed by atoms with Gasteiger partial charge in [0.2, 0.25) is 0 Å². The second-order valence-electron chi connectivity index (χ2n) is 1.65. The minimum atomic E-state index is 0. The Morgan fingerprint density at radius 1 is 1.25 bits per heavy atom. The quantitative estimate of drug-likeness (QED) is 0.475. The van der Waals surface area contributed by atoms with Crippen molar-refractivity contribution < 1.29 is 0 Å². The molecule has 0 unspecified atom stereocenters.